The van der Waals surface area contributed by atoms with Gasteiger partial charge in [-0.05, 0) is 37.6 Å². The molecule has 6 heteroatoms. The van der Waals surface area contributed by atoms with E-state index in [1.54, 1.807) is 12.1 Å². The number of nitrogens with two attached hydrogens (primary N) is 1. The monoisotopic (exact) mass is 338 g/mol. The molecule has 1 saturated heterocycles. The number of nitrogens with zero attached hydrogens (tertiary/aromatic N) is 1. The maximum atomic E-state index is 11.4. The minimum Gasteiger partial charge on any atom is -0.481 e. The standard InChI is InChI=1S/C17H23ClN2O3/c1-10(2)20-6-5-17(19)14(9-20)12(8-16(21)22)13-7-11(18)3-4-15(13)23-17/h3-4,7,10,12,14H,5-6,8-9,19H2,1-2H3,(H,21,22). The number of fused-ring (bicyclic) bond motifs is 2. The molecule has 1 aromatic rings. The summed E-state index contributed by atoms with van der Waals surface area (Å²) in [5.41, 5.74) is 6.62. The van der Waals surface area contributed by atoms with Gasteiger partial charge >= 0.3 is 5.97 Å². The fraction of sp³-hybridized carbons (Fsp3) is 0.588. The van der Waals surface area contributed by atoms with Crippen LogP contribution in [0.25, 0.3) is 0 Å². The van der Waals surface area contributed by atoms with Crippen LogP contribution in [0.2, 0.25) is 5.02 Å². The number of rotatable bonds is 3. The number of carboxylic acids is 1. The van der Waals surface area contributed by atoms with E-state index in [1.165, 1.54) is 0 Å². The van der Waals surface area contributed by atoms with Gasteiger partial charge < -0.3 is 14.7 Å². The van der Waals surface area contributed by atoms with Crippen molar-refractivity contribution in [2.24, 2.45) is 11.7 Å². The van der Waals surface area contributed by atoms with Gasteiger partial charge in [0.25, 0.3) is 0 Å². The van der Waals surface area contributed by atoms with E-state index in [4.69, 9.17) is 22.1 Å². The third kappa shape index (κ3) is 3.05. The molecule has 23 heavy (non-hydrogen) atoms. The number of hydrogen-bond donors (Lipinski definition) is 2. The third-order valence-electron chi connectivity index (χ3n) is 5.13. The van der Waals surface area contributed by atoms with Crippen LogP contribution in [0.5, 0.6) is 5.75 Å². The van der Waals surface area contributed by atoms with E-state index in [9.17, 15) is 9.90 Å². The second-order valence-electron chi connectivity index (χ2n) is 6.89. The summed E-state index contributed by atoms with van der Waals surface area (Å²) in [6.07, 6.45) is 0.723. The van der Waals surface area contributed by atoms with Crippen molar-refractivity contribution in [3.8, 4) is 5.75 Å². The summed E-state index contributed by atoms with van der Waals surface area (Å²) in [5, 5.41) is 9.97. The quantitative estimate of drug-likeness (QED) is 0.886. The first-order valence-electron chi connectivity index (χ1n) is 8.03. The SMILES string of the molecule is CC(C)N1CCC2(N)Oc3ccc(Cl)cc3C(CC(=O)O)C2C1. The smallest absolute Gasteiger partial charge is 0.303 e. The number of carboxylic acid groups (broad SMARTS) is 1. The number of benzene rings is 1. The van der Waals surface area contributed by atoms with Crippen LogP contribution in [0, 0.1) is 5.92 Å². The maximum Gasteiger partial charge on any atom is 0.303 e. The zero-order valence-electron chi connectivity index (χ0n) is 13.5. The summed E-state index contributed by atoms with van der Waals surface area (Å²) in [6, 6.07) is 5.76. The molecule has 0 radical (unpaired) electrons. The Bertz CT molecular complexity index is 622. The lowest BCUT2D eigenvalue weighted by Gasteiger charge is -2.52. The van der Waals surface area contributed by atoms with E-state index in [1.807, 2.05) is 6.07 Å². The first-order chi connectivity index (χ1) is 10.8. The number of ether oxygens (including phenoxy) is 1. The van der Waals surface area contributed by atoms with Gasteiger partial charge in [-0.25, -0.2) is 0 Å². The first kappa shape index (κ1) is 16.6. The first-order valence-corrected chi connectivity index (χ1v) is 8.41. The summed E-state index contributed by atoms with van der Waals surface area (Å²) in [7, 11) is 0. The average molecular weight is 339 g/mol. The molecule has 0 aromatic heterocycles. The van der Waals surface area contributed by atoms with E-state index in [-0.39, 0.29) is 18.3 Å². The second kappa shape index (κ2) is 5.96. The Balaban J connectivity index is 2.03. The van der Waals surface area contributed by atoms with E-state index in [0.29, 0.717) is 23.2 Å². The zero-order valence-corrected chi connectivity index (χ0v) is 14.2. The molecule has 0 amide bonds. The Kier molecular flexibility index (Phi) is 4.29. The van der Waals surface area contributed by atoms with Gasteiger partial charge in [-0.1, -0.05) is 11.6 Å². The molecule has 2 aliphatic heterocycles. The van der Waals surface area contributed by atoms with Crippen LogP contribution < -0.4 is 10.5 Å². The van der Waals surface area contributed by atoms with E-state index in [0.717, 1.165) is 18.7 Å². The highest BCUT2D eigenvalue weighted by atomic mass is 35.5. The van der Waals surface area contributed by atoms with Gasteiger partial charge in [0.1, 0.15) is 5.75 Å². The molecule has 1 aromatic carbocycles. The predicted octanol–water partition coefficient (Wildman–Crippen LogP) is 2.68. The number of carbonyl (C=O) groups is 1. The van der Waals surface area contributed by atoms with Gasteiger partial charge in [0.05, 0.1) is 6.42 Å². The molecular formula is C17H23ClN2O3. The van der Waals surface area contributed by atoms with E-state index < -0.39 is 11.7 Å². The summed E-state index contributed by atoms with van der Waals surface area (Å²) >= 11 is 6.12. The average Bonchev–Trinajstić information content (AvgIpc) is 2.46. The van der Waals surface area contributed by atoms with Crippen molar-refractivity contribution >= 4 is 17.6 Å². The highest BCUT2D eigenvalue weighted by Gasteiger charge is 2.51. The van der Waals surface area contributed by atoms with Crippen LogP contribution in [-0.2, 0) is 4.79 Å². The van der Waals surface area contributed by atoms with Crippen molar-refractivity contribution in [2.45, 2.75) is 44.4 Å². The fourth-order valence-electron chi connectivity index (χ4n) is 3.83. The number of likely N-dealkylation sites (tertiary alicyclic amines) is 1. The van der Waals surface area contributed by atoms with Crippen LogP contribution in [-0.4, -0.2) is 40.8 Å². The van der Waals surface area contributed by atoms with Gasteiger partial charge in [-0.2, -0.15) is 0 Å². The van der Waals surface area contributed by atoms with Crippen molar-refractivity contribution in [1.82, 2.24) is 4.90 Å². The molecular weight excluding hydrogens is 316 g/mol. The highest BCUT2D eigenvalue weighted by molar-refractivity contribution is 6.30. The van der Waals surface area contributed by atoms with Crippen molar-refractivity contribution in [3.05, 3.63) is 28.8 Å². The van der Waals surface area contributed by atoms with Crippen molar-refractivity contribution < 1.29 is 14.6 Å². The minimum absolute atomic E-state index is 0.0340. The van der Waals surface area contributed by atoms with Crippen LogP contribution >= 0.6 is 11.6 Å². The molecule has 2 heterocycles. The van der Waals surface area contributed by atoms with Crippen molar-refractivity contribution in [3.63, 3.8) is 0 Å². The van der Waals surface area contributed by atoms with Crippen LogP contribution in [0.1, 0.15) is 38.2 Å². The molecule has 5 nitrogen and oxygen atoms in total. The molecule has 2 aliphatic rings. The topological polar surface area (TPSA) is 75.8 Å². The van der Waals surface area contributed by atoms with Gasteiger partial charge in [0.2, 0.25) is 0 Å². The maximum absolute atomic E-state index is 11.4. The Hall–Kier alpha value is -1.30. The summed E-state index contributed by atoms with van der Waals surface area (Å²) < 4.78 is 6.12. The Labute approximate surface area is 141 Å². The van der Waals surface area contributed by atoms with Gasteiger partial charge in [-0.3, -0.25) is 10.5 Å². The molecule has 3 atom stereocenters. The van der Waals surface area contributed by atoms with Crippen LogP contribution in [0.3, 0.4) is 0 Å². The lowest BCUT2D eigenvalue weighted by atomic mass is 9.72. The molecule has 0 bridgehead atoms. The van der Waals surface area contributed by atoms with Crippen LogP contribution in [0.15, 0.2) is 18.2 Å². The summed E-state index contributed by atoms with van der Waals surface area (Å²) in [4.78, 5) is 13.8. The van der Waals surface area contributed by atoms with E-state index >= 15 is 0 Å². The Morgan fingerprint density at radius 2 is 2.30 bits per heavy atom. The molecule has 0 aliphatic carbocycles. The zero-order chi connectivity index (χ0) is 16.8. The third-order valence-corrected chi connectivity index (χ3v) is 5.37. The Morgan fingerprint density at radius 3 is 2.96 bits per heavy atom. The molecule has 0 saturated carbocycles. The van der Waals surface area contributed by atoms with Gasteiger partial charge in [-0.15, -0.1) is 0 Å². The lowest BCUT2D eigenvalue weighted by Crippen LogP contribution is -2.64. The van der Waals surface area contributed by atoms with Crippen molar-refractivity contribution in [2.75, 3.05) is 13.1 Å². The summed E-state index contributed by atoms with van der Waals surface area (Å²) in [6.45, 7) is 5.87. The number of hydrogen-bond acceptors (Lipinski definition) is 4. The number of piperidine rings is 1. The second-order valence-corrected chi connectivity index (χ2v) is 7.33. The van der Waals surface area contributed by atoms with Gasteiger partial charge in [0, 0.05) is 42.4 Å². The van der Waals surface area contributed by atoms with Gasteiger partial charge in [0.15, 0.2) is 5.72 Å². The molecule has 1 fully saturated rings. The predicted molar refractivity (Wildman–Crippen MR) is 88.8 cm³/mol. The lowest BCUT2D eigenvalue weighted by molar-refractivity contribution is -0.139. The molecule has 3 rings (SSSR count). The molecule has 0 spiro atoms. The van der Waals surface area contributed by atoms with E-state index in [2.05, 4.69) is 18.7 Å². The number of halogens is 1. The van der Waals surface area contributed by atoms with Crippen molar-refractivity contribution in [1.29, 1.82) is 0 Å². The summed E-state index contributed by atoms with van der Waals surface area (Å²) in [5.74, 6) is -0.425. The largest absolute Gasteiger partial charge is 0.481 e. The Morgan fingerprint density at radius 1 is 1.57 bits per heavy atom. The highest BCUT2D eigenvalue weighted by Crippen LogP contribution is 2.48. The van der Waals surface area contributed by atoms with Crippen LogP contribution in [0.4, 0.5) is 0 Å². The molecule has 3 N–H and O–H groups in total. The minimum atomic E-state index is -0.827. The fourth-order valence-corrected chi connectivity index (χ4v) is 4.01. The molecule has 126 valence electrons. The molecule has 3 unspecified atom stereocenters. The normalized spacial score (nSPS) is 30.5. The number of aliphatic carboxylic acids is 1.